The van der Waals surface area contributed by atoms with E-state index < -0.39 is 24.3 Å². The summed E-state index contributed by atoms with van der Waals surface area (Å²) in [5, 5.41) is 14.7. The van der Waals surface area contributed by atoms with Gasteiger partial charge in [-0.2, -0.15) is 0 Å². The lowest BCUT2D eigenvalue weighted by atomic mass is 10.1. The zero-order chi connectivity index (χ0) is 32.9. The minimum atomic E-state index is -0.759. The number of aldehydes is 1. The quantitative estimate of drug-likeness (QED) is 0.0824. The van der Waals surface area contributed by atoms with Crippen LogP contribution in [0.1, 0.15) is 57.9 Å². The number of hydrogen-bond acceptors (Lipinski definition) is 9. The van der Waals surface area contributed by atoms with Gasteiger partial charge in [0.1, 0.15) is 18.4 Å². The van der Waals surface area contributed by atoms with E-state index in [1.54, 1.807) is 21.0 Å². The van der Waals surface area contributed by atoms with Crippen molar-refractivity contribution in [3.63, 3.8) is 0 Å². The third-order valence-corrected chi connectivity index (χ3v) is 7.98. The Kier molecular flexibility index (Phi) is 19.2. The van der Waals surface area contributed by atoms with Crippen LogP contribution in [0.5, 0.6) is 0 Å². The number of carbonyl (C=O) groups excluding carboxylic acids is 4. The van der Waals surface area contributed by atoms with Crippen LogP contribution in [0.3, 0.4) is 0 Å². The van der Waals surface area contributed by atoms with Crippen molar-refractivity contribution in [1.29, 1.82) is 0 Å². The molecule has 1 saturated heterocycles. The van der Waals surface area contributed by atoms with E-state index in [9.17, 15) is 19.2 Å². The molecular formula is C33H56N6O6. The molecule has 0 saturated carbocycles. The van der Waals surface area contributed by atoms with Gasteiger partial charge in [-0.05, 0) is 72.2 Å². The summed E-state index contributed by atoms with van der Waals surface area (Å²) in [6.45, 7) is 7.06. The van der Waals surface area contributed by atoms with Crippen molar-refractivity contribution in [3.8, 4) is 0 Å². The zero-order valence-electron chi connectivity index (χ0n) is 27.6. The topological polar surface area (TPSA) is 150 Å². The molecule has 0 aromatic heterocycles. The number of nitrogens with zero attached hydrogens (tertiary/aromatic N) is 1. The molecule has 1 aromatic carbocycles. The Balaban J connectivity index is 1.75. The first-order chi connectivity index (χ1) is 21.8. The molecule has 2 rings (SSSR count). The van der Waals surface area contributed by atoms with Crippen molar-refractivity contribution in [2.45, 2.75) is 89.1 Å². The summed E-state index contributed by atoms with van der Waals surface area (Å²) in [5.41, 5.74) is 1.28. The lowest BCUT2D eigenvalue weighted by molar-refractivity contribution is -0.141. The van der Waals surface area contributed by atoms with Crippen LogP contribution in [0.4, 0.5) is 0 Å². The van der Waals surface area contributed by atoms with E-state index in [0.717, 1.165) is 51.5 Å². The van der Waals surface area contributed by atoms with Crippen LogP contribution in [-0.4, -0.2) is 119 Å². The summed E-state index contributed by atoms with van der Waals surface area (Å²) in [4.78, 5) is 51.2. The third kappa shape index (κ3) is 14.8. The van der Waals surface area contributed by atoms with Gasteiger partial charge in [0.25, 0.3) is 0 Å². The number of unbranched alkanes of at least 4 members (excludes halogenated alkanes) is 3. The maximum atomic E-state index is 13.7. The van der Waals surface area contributed by atoms with Gasteiger partial charge in [0, 0.05) is 32.3 Å². The van der Waals surface area contributed by atoms with Crippen LogP contribution in [0.25, 0.3) is 0 Å². The maximum absolute atomic E-state index is 13.7. The zero-order valence-corrected chi connectivity index (χ0v) is 27.6. The molecule has 0 aliphatic carbocycles. The number of hydrogen-bond donors (Lipinski definition) is 5. The highest BCUT2D eigenvalue weighted by molar-refractivity contribution is 5.89. The Labute approximate surface area is 269 Å². The second kappa shape index (κ2) is 22.6. The summed E-state index contributed by atoms with van der Waals surface area (Å²) in [5.74, 6) is -0.589. The minimum Gasteiger partial charge on any atom is -0.376 e. The van der Waals surface area contributed by atoms with E-state index in [1.807, 2.05) is 30.0 Å². The molecule has 12 nitrogen and oxygen atoms in total. The van der Waals surface area contributed by atoms with Crippen molar-refractivity contribution in [2.75, 3.05) is 60.0 Å². The predicted molar refractivity (Wildman–Crippen MR) is 175 cm³/mol. The first-order valence-corrected chi connectivity index (χ1v) is 16.4. The number of rotatable bonds is 24. The molecule has 5 N–H and O–H groups in total. The number of ether oxygens (including phenoxy) is 2. The summed E-state index contributed by atoms with van der Waals surface area (Å²) in [6, 6.07) is 8.97. The number of amides is 3. The monoisotopic (exact) mass is 632 g/mol. The van der Waals surface area contributed by atoms with Crippen LogP contribution >= 0.6 is 0 Å². The van der Waals surface area contributed by atoms with Crippen LogP contribution in [0, 0.1) is 0 Å². The van der Waals surface area contributed by atoms with E-state index in [4.69, 9.17) is 9.47 Å². The standard InChI is InChI=1S/C33H56N6O6/c1-25(29(24-40)37-30(41)22-34-3)44-19-10-5-6-11-20-45-26(2)32(38-31(42)23-35-4)33(43)39-18-12-15-28(39)21-36-17-16-27-13-8-7-9-14-27/h7-9,13-14,24-26,28-29,32,34-36H,5-6,10-12,15-23H2,1-4H3,(H,37,41)(H,38,42)/t25?,26?,28?,29?,32-/m0/s1. The van der Waals surface area contributed by atoms with Crippen molar-refractivity contribution >= 4 is 24.0 Å². The highest BCUT2D eigenvalue weighted by Crippen LogP contribution is 2.19. The summed E-state index contributed by atoms with van der Waals surface area (Å²) >= 11 is 0. The van der Waals surface area contributed by atoms with Crippen molar-refractivity contribution < 1.29 is 28.7 Å². The van der Waals surface area contributed by atoms with Crippen molar-refractivity contribution in [2.24, 2.45) is 0 Å². The molecule has 1 aromatic rings. The molecule has 45 heavy (non-hydrogen) atoms. The number of likely N-dealkylation sites (tertiary alicyclic amines) is 1. The molecule has 12 heteroatoms. The Morgan fingerprint density at radius 1 is 0.911 bits per heavy atom. The molecule has 0 radical (unpaired) electrons. The lowest BCUT2D eigenvalue weighted by Crippen LogP contribution is -2.57. The minimum absolute atomic E-state index is 0.0838. The molecule has 1 aliphatic rings. The molecule has 1 aliphatic heterocycles. The molecule has 254 valence electrons. The molecule has 4 unspecified atom stereocenters. The van der Waals surface area contributed by atoms with Gasteiger partial charge in [-0.15, -0.1) is 0 Å². The largest absolute Gasteiger partial charge is 0.376 e. The van der Waals surface area contributed by atoms with Crippen LogP contribution < -0.4 is 26.6 Å². The Morgan fingerprint density at radius 2 is 1.53 bits per heavy atom. The SMILES string of the molecule is CNCC(=O)NC(C=O)C(C)OCCCCCCOC(C)[C@H](NC(=O)CNC)C(=O)N1CCCC1CNCCc1ccccc1. The fourth-order valence-electron chi connectivity index (χ4n) is 5.38. The second-order valence-corrected chi connectivity index (χ2v) is 11.7. The fraction of sp³-hybridized carbons (Fsp3) is 0.697. The van der Waals surface area contributed by atoms with Gasteiger partial charge in [0.05, 0.1) is 25.3 Å². The smallest absolute Gasteiger partial charge is 0.248 e. The molecular weight excluding hydrogens is 576 g/mol. The first kappa shape index (κ1) is 38.3. The van der Waals surface area contributed by atoms with E-state index in [0.29, 0.717) is 32.6 Å². The van der Waals surface area contributed by atoms with Crippen LogP contribution in [-0.2, 0) is 35.1 Å². The van der Waals surface area contributed by atoms with E-state index in [1.165, 1.54) is 5.56 Å². The van der Waals surface area contributed by atoms with E-state index in [-0.39, 0.29) is 36.9 Å². The fourth-order valence-corrected chi connectivity index (χ4v) is 5.38. The number of nitrogens with one attached hydrogen (secondary N) is 5. The third-order valence-electron chi connectivity index (χ3n) is 7.98. The molecule has 1 fully saturated rings. The number of carbonyl (C=O) groups is 4. The molecule has 5 atom stereocenters. The van der Waals surface area contributed by atoms with Gasteiger partial charge in [0.15, 0.2) is 0 Å². The van der Waals surface area contributed by atoms with E-state index >= 15 is 0 Å². The van der Waals surface area contributed by atoms with Gasteiger partial charge in [-0.1, -0.05) is 43.2 Å². The summed E-state index contributed by atoms with van der Waals surface area (Å²) in [6.07, 6.45) is 6.04. The van der Waals surface area contributed by atoms with Gasteiger partial charge < -0.3 is 45.8 Å². The van der Waals surface area contributed by atoms with Gasteiger partial charge in [0.2, 0.25) is 17.7 Å². The van der Waals surface area contributed by atoms with Crippen LogP contribution in [0.15, 0.2) is 30.3 Å². The Bertz CT molecular complexity index is 999. The average molecular weight is 633 g/mol. The summed E-state index contributed by atoms with van der Waals surface area (Å²) in [7, 11) is 3.36. The van der Waals surface area contributed by atoms with Gasteiger partial charge in [-0.25, -0.2) is 0 Å². The average Bonchev–Trinajstić information content (AvgIpc) is 3.51. The Hall–Kier alpha value is -2.90. The molecule has 0 bridgehead atoms. The van der Waals surface area contributed by atoms with Crippen LogP contribution in [0.2, 0.25) is 0 Å². The first-order valence-electron chi connectivity index (χ1n) is 16.4. The molecule has 0 spiro atoms. The van der Waals surface area contributed by atoms with Crippen molar-refractivity contribution in [3.05, 3.63) is 35.9 Å². The normalized spacial score (nSPS) is 17.3. The lowest BCUT2D eigenvalue weighted by Gasteiger charge is -2.32. The van der Waals surface area contributed by atoms with Gasteiger partial charge >= 0.3 is 0 Å². The highest BCUT2D eigenvalue weighted by Gasteiger charge is 2.36. The predicted octanol–water partition coefficient (Wildman–Crippen LogP) is 0.788. The molecule has 3 amide bonds. The van der Waals surface area contributed by atoms with Gasteiger partial charge in [-0.3, -0.25) is 14.4 Å². The molecule has 1 heterocycles. The van der Waals surface area contributed by atoms with E-state index in [2.05, 4.69) is 38.7 Å². The second-order valence-electron chi connectivity index (χ2n) is 11.7. The number of benzene rings is 1. The summed E-state index contributed by atoms with van der Waals surface area (Å²) < 4.78 is 11.8. The van der Waals surface area contributed by atoms with Crippen molar-refractivity contribution in [1.82, 2.24) is 31.5 Å². The highest BCUT2D eigenvalue weighted by atomic mass is 16.5. The Morgan fingerprint density at radius 3 is 2.16 bits per heavy atom. The number of likely N-dealkylation sites (N-methyl/N-ethyl adjacent to an activating group) is 2. The maximum Gasteiger partial charge on any atom is 0.248 e.